The van der Waals surface area contributed by atoms with Crippen molar-refractivity contribution in [3.05, 3.63) is 115 Å². The van der Waals surface area contributed by atoms with Crippen LogP contribution in [0.3, 0.4) is 0 Å². The van der Waals surface area contributed by atoms with Crippen molar-refractivity contribution < 1.29 is 19.4 Å². The first kappa shape index (κ1) is 22.8. The van der Waals surface area contributed by atoms with E-state index in [4.69, 9.17) is 0 Å². The predicted octanol–water partition coefficient (Wildman–Crippen LogP) is 4.22. The Hall–Kier alpha value is -4.86. The molecule has 10 nitrogen and oxygen atoms in total. The number of non-ortho nitro benzene ring substituents is 2. The predicted molar refractivity (Wildman–Crippen MR) is 121 cm³/mol. The van der Waals surface area contributed by atoms with Crippen molar-refractivity contribution in [2.45, 2.75) is 6.92 Å². The molecule has 0 spiro atoms. The molecule has 0 heterocycles. The molecule has 0 aromatic heterocycles. The van der Waals surface area contributed by atoms with Crippen LogP contribution in [0.5, 0.6) is 0 Å². The lowest BCUT2D eigenvalue weighted by atomic mass is 10.1. The Kier molecular flexibility index (Phi) is 6.89. The highest BCUT2D eigenvalue weighted by Gasteiger charge is 2.17. The molecule has 10 heteroatoms. The Morgan fingerprint density at radius 3 is 2.06 bits per heavy atom. The highest BCUT2D eigenvalue weighted by Crippen LogP contribution is 2.23. The number of aryl methyl sites for hydroxylation is 1. The summed E-state index contributed by atoms with van der Waals surface area (Å²) in [6.07, 6.45) is 1.35. The fourth-order valence-electron chi connectivity index (χ4n) is 2.85. The molecule has 0 fully saturated rings. The molecule has 33 heavy (non-hydrogen) atoms. The molecule has 0 unspecified atom stereocenters. The first-order valence-corrected chi connectivity index (χ1v) is 9.63. The van der Waals surface area contributed by atoms with Gasteiger partial charge in [0.25, 0.3) is 23.2 Å². The molecule has 166 valence electrons. The van der Waals surface area contributed by atoms with Gasteiger partial charge in [-0.2, -0.15) is 0 Å². The van der Waals surface area contributed by atoms with Gasteiger partial charge in [-0.15, -0.1) is 0 Å². The van der Waals surface area contributed by atoms with Crippen molar-refractivity contribution in [1.82, 2.24) is 5.32 Å². The number of nitrogens with zero attached hydrogens (tertiary/aromatic N) is 2. The second-order valence-corrected chi connectivity index (χ2v) is 6.94. The van der Waals surface area contributed by atoms with E-state index in [9.17, 15) is 29.8 Å². The summed E-state index contributed by atoms with van der Waals surface area (Å²) < 4.78 is 0. The Morgan fingerprint density at radius 1 is 0.848 bits per heavy atom. The van der Waals surface area contributed by atoms with E-state index in [1.165, 1.54) is 48.5 Å². The SMILES string of the molecule is Cc1ccc([N+](=O)[O-])cc1NC(=O)C(=Cc1ccc([N+](=O)[O-])cc1)NC(=O)c1ccccc1. The fraction of sp³-hybridized carbons (Fsp3) is 0.0435. The number of anilines is 1. The number of nitrogens with one attached hydrogen (secondary N) is 2. The van der Waals surface area contributed by atoms with E-state index in [2.05, 4.69) is 10.6 Å². The zero-order valence-electron chi connectivity index (χ0n) is 17.3. The van der Waals surface area contributed by atoms with Crippen molar-refractivity contribution in [3.63, 3.8) is 0 Å². The van der Waals surface area contributed by atoms with Crippen molar-refractivity contribution in [2.75, 3.05) is 5.32 Å². The van der Waals surface area contributed by atoms with Crippen LogP contribution >= 0.6 is 0 Å². The summed E-state index contributed by atoms with van der Waals surface area (Å²) in [7, 11) is 0. The number of benzene rings is 3. The lowest BCUT2D eigenvalue weighted by molar-refractivity contribution is -0.385. The van der Waals surface area contributed by atoms with Crippen LogP contribution in [0.1, 0.15) is 21.5 Å². The van der Waals surface area contributed by atoms with E-state index in [1.54, 1.807) is 37.3 Å². The zero-order valence-corrected chi connectivity index (χ0v) is 17.3. The summed E-state index contributed by atoms with van der Waals surface area (Å²) in [5.41, 5.74) is 1.05. The number of rotatable bonds is 7. The van der Waals surface area contributed by atoms with Gasteiger partial charge in [0.2, 0.25) is 0 Å². The van der Waals surface area contributed by atoms with Crippen LogP contribution in [-0.4, -0.2) is 21.7 Å². The normalized spacial score (nSPS) is 10.9. The third-order valence-electron chi connectivity index (χ3n) is 4.62. The standard InChI is InChI=1S/C23H18N4O6/c1-15-7-10-19(27(32)33)14-20(15)24-23(29)21(25-22(28)17-5-3-2-4-6-17)13-16-8-11-18(12-9-16)26(30)31/h2-14H,1H3,(H,24,29)(H,25,28). The first-order valence-electron chi connectivity index (χ1n) is 9.63. The van der Waals surface area contributed by atoms with Crippen molar-refractivity contribution in [2.24, 2.45) is 0 Å². The van der Waals surface area contributed by atoms with Gasteiger partial charge in [-0.3, -0.25) is 29.8 Å². The Bertz CT molecular complexity index is 1250. The third kappa shape index (κ3) is 5.85. The highest BCUT2D eigenvalue weighted by molar-refractivity contribution is 6.11. The van der Waals surface area contributed by atoms with Crippen LogP contribution < -0.4 is 10.6 Å². The van der Waals surface area contributed by atoms with E-state index in [0.717, 1.165) is 0 Å². The molecule has 0 radical (unpaired) electrons. The van der Waals surface area contributed by atoms with Crippen LogP contribution in [-0.2, 0) is 4.79 Å². The Balaban J connectivity index is 1.94. The molecule has 0 atom stereocenters. The summed E-state index contributed by atoms with van der Waals surface area (Å²) in [4.78, 5) is 46.5. The lowest BCUT2D eigenvalue weighted by Crippen LogP contribution is -2.30. The molecule has 2 N–H and O–H groups in total. The van der Waals surface area contributed by atoms with Gasteiger partial charge < -0.3 is 10.6 Å². The van der Waals surface area contributed by atoms with Crippen LogP contribution in [0.25, 0.3) is 6.08 Å². The quantitative estimate of drug-likeness (QED) is 0.316. The number of amides is 2. The molecule has 0 saturated heterocycles. The largest absolute Gasteiger partial charge is 0.320 e. The number of nitro groups is 2. The second-order valence-electron chi connectivity index (χ2n) is 6.94. The summed E-state index contributed by atoms with van der Waals surface area (Å²) in [6.45, 7) is 1.67. The topological polar surface area (TPSA) is 144 Å². The minimum atomic E-state index is -0.721. The van der Waals surface area contributed by atoms with Crippen LogP contribution in [0.2, 0.25) is 0 Å². The molecule has 3 rings (SSSR count). The Labute approximate surface area is 187 Å². The average molecular weight is 446 g/mol. The van der Waals surface area contributed by atoms with E-state index in [-0.39, 0.29) is 22.8 Å². The van der Waals surface area contributed by atoms with Crippen LogP contribution in [0, 0.1) is 27.2 Å². The number of carbonyl (C=O) groups excluding carboxylic acids is 2. The number of carbonyl (C=O) groups is 2. The third-order valence-corrected chi connectivity index (χ3v) is 4.62. The zero-order chi connectivity index (χ0) is 24.0. The van der Waals surface area contributed by atoms with Crippen LogP contribution in [0.15, 0.2) is 78.5 Å². The maximum Gasteiger partial charge on any atom is 0.272 e. The number of nitro benzene ring substituents is 2. The maximum atomic E-state index is 13.0. The summed E-state index contributed by atoms with van der Waals surface area (Å²) in [5.74, 6) is -1.27. The molecular weight excluding hydrogens is 428 g/mol. The Morgan fingerprint density at radius 2 is 1.45 bits per heavy atom. The van der Waals surface area contributed by atoms with E-state index < -0.39 is 21.7 Å². The van der Waals surface area contributed by atoms with Gasteiger partial charge in [-0.1, -0.05) is 24.3 Å². The van der Waals surface area contributed by atoms with Crippen molar-refractivity contribution in [1.29, 1.82) is 0 Å². The van der Waals surface area contributed by atoms with E-state index in [1.807, 2.05) is 0 Å². The smallest absolute Gasteiger partial charge is 0.272 e. The number of hydrogen-bond acceptors (Lipinski definition) is 6. The summed E-state index contributed by atoms with van der Waals surface area (Å²) in [5, 5.41) is 27.1. The summed E-state index contributed by atoms with van der Waals surface area (Å²) in [6, 6.07) is 17.6. The van der Waals surface area contributed by atoms with E-state index >= 15 is 0 Å². The first-order chi connectivity index (χ1) is 15.7. The van der Waals surface area contributed by atoms with Crippen LogP contribution in [0.4, 0.5) is 17.1 Å². The monoisotopic (exact) mass is 446 g/mol. The molecule has 2 amide bonds. The van der Waals surface area contributed by atoms with Gasteiger partial charge in [0.1, 0.15) is 5.70 Å². The van der Waals surface area contributed by atoms with Crippen molar-refractivity contribution in [3.8, 4) is 0 Å². The maximum absolute atomic E-state index is 13.0. The van der Waals surface area contributed by atoms with Gasteiger partial charge in [0, 0.05) is 29.8 Å². The van der Waals surface area contributed by atoms with E-state index in [0.29, 0.717) is 16.7 Å². The lowest BCUT2D eigenvalue weighted by Gasteiger charge is -2.13. The highest BCUT2D eigenvalue weighted by atomic mass is 16.6. The minimum Gasteiger partial charge on any atom is -0.320 e. The molecule has 0 saturated carbocycles. The molecule has 3 aromatic rings. The fourth-order valence-corrected chi connectivity index (χ4v) is 2.85. The van der Waals surface area contributed by atoms with Gasteiger partial charge in [-0.05, 0) is 48.4 Å². The van der Waals surface area contributed by atoms with Gasteiger partial charge in [0.05, 0.1) is 15.5 Å². The molecule has 3 aromatic carbocycles. The molecule has 0 aliphatic carbocycles. The molecule has 0 bridgehead atoms. The van der Waals surface area contributed by atoms with Gasteiger partial charge in [0.15, 0.2) is 0 Å². The average Bonchev–Trinajstić information content (AvgIpc) is 2.80. The van der Waals surface area contributed by atoms with Gasteiger partial charge >= 0.3 is 0 Å². The number of hydrogen-bond donors (Lipinski definition) is 2. The molecule has 0 aliphatic heterocycles. The van der Waals surface area contributed by atoms with Crippen molar-refractivity contribution >= 4 is 35.0 Å². The molecular formula is C23H18N4O6. The summed E-state index contributed by atoms with van der Waals surface area (Å²) >= 11 is 0. The minimum absolute atomic E-state index is 0.126. The second kappa shape index (κ2) is 9.96. The van der Waals surface area contributed by atoms with Gasteiger partial charge in [-0.25, -0.2) is 0 Å². The molecule has 0 aliphatic rings.